The molecular weight excluding hydrogens is 462 g/mol. The number of carbonyl (C=O) groups excluding carboxylic acids is 1. The van der Waals surface area contributed by atoms with Crippen LogP contribution >= 0.6 is 11.6 Å². The summed E-state index contributed by atoms with van der Waals surface area (Å²) in [5, 5.41) is 3.03. The number of amides is 1. The third kappa shape index (κ3) is 5.17. The SMILES string of the molecule is C[C@@H](OCc1ccccc1)[C@H]1C=Cc2c(cn(C)c2C(=O)Nc2ccnc(Cl)c2)S(=N)(=O)N1. The van der Waals surface area contributed by atoms with Gasteiger partial charge in [-0.15, -0.1) is 0 Å². The third-order valence-corrected chi connectivity index (χ3v) is 7.08. The van der Waals surface area contributed by atoms with E-state index in [0.717, 1.165) is 5.56 Å². The van der Waals surface area contributed by atoms with E-state index in [0.29, 0.717) is 17.9 Å². The number of ether oxygens (including phenoxy) is 1. The molecule has 1 aliphatic heterocycles. The van der Waals surface area contributed by atoms with Crippen LogP contribution in [0.2, 0.25) is 5.15 Å². The second-order valence-corrected chi connectivity index (χ2v) is 9.92. The van der Waals surface area contributed by atoms with Crippen molar-refractivity contribution >= 4 is 39.2 Å². The minimum Gasteiger partial charge on any atom is -0.372 e. The zero-order chi connectivity index (χ0) is 23.6. The van der Waals surface area contributed by atoms with Gasteiger partial charge < -0.3 is 14.6 Å². The van der Waals surface area contributed by atoms with Gasteiger partial charge in [0.05, 0.1) is 23.6 Å². The van der Waals surface area contributed by atoms with Gasteiger partial charge in [-0.25, -0.2) is 18.7 Å². The molecule has 2 aromatic heterocycles. The van der Waals surface area contributed by atoms with Crippen molar-refractivity contribution in [3.63, 3.8) is 0 Å². The molecule has 3 heterocycles. The molecule has 8 nitrogen and oxygen atoms in total. The van der Waals surface area contributed by atoms with Crippen LogP contribution in [0.15, 0.2) is 65.8 Å². The minimum atomic E-state index is -3.39. The fourth-order valence-corrected chi connectivity index (χ4v) is 5.35. The molecular formula is C23H24ClN5O3S. The van der Waals surface area contributed by atoms with Gasteiger partial charge in [0.15, 0.2) is 0 Å². The topological polar surface area (TPSA) is 109 Å². The second kappa shape index (κ2) is 9.48. The lowest BCUT2D eigenvalue weighted by Gasteiger charge is -2.22. The Labute approximate surface area is 197 Å². The lowest BCUT2D eigenvalue weighted by Crippen LogP contribution is -2.40. The average molecular weight is 486 g/mol. The molecule has 0 saturated carbocycles. The Morgan fingerprint density at radius 1 is 1.36 bits per heavy atom. The summed E-state index contributed by atoms with van der Waals surface area (Å²) in [6.45, 7) is 2.25. The number of carbonyl (C=O) groups is 1. The van der Waals surface area contributed by atoms with Crippen LogP contribution in [-0.2, 0) is 28.3 Å². The Hall–Kier alpha value is -2.98. The van der Waals surface area contributed by atoms with E-state index in [2.05, 4.69) is 15.0 Å². The molecule has 1 aromatic carbocycles. The number of hydrogen-bond donors (Lipinski definition) is 3. The molecule has 1 aliphatic rings. The van der Waals surface area contributed by atoms with E-state index in [4.69, 9.17) is 21.1 Å². The van der Waals surface area contributed by atoms with E-state index in [-0.39, 0.29) is 21.8 Å². The first-order valence-corrected chi connectivity index (χ1v) is 12.2. The van der Waals surface area contributed by atoms with Gasteiger partial charge in [0.1, 0.15) is 20.8 Å². The van der Waals surface area contributed by atoms with Gasteiger partial charge in [-0.05, 0) is 24.6 Å². The van der Waals surface area contributed by atoms with Gasteiger partial charge in [-0.1, -0.05) is 54.1 Å². The van der Waals surface area contributed by atoms with E-state index in [1.165, 1.54) is 12.3 Å². The molecule has 0 bridgehead atoms. The molecule has 4 rings (SSSR count). The molecule has 3 N–H and O–H groups in total. The highest BCUT2D eigenvalue weighted by Crippen LogP contribution is 2.28. The van der Waals surface area contributed by atoms with Gasteiger partial charge in [-0.2, -0.15) is 0 Å². The molecule has 0 radical (unpaired) electrons. The van der Waals surface area contributed by atoms with Crippen molar-refractivity contribution in [1.29, 1.82) is 4.78 Å². The van der Waals surface area contributed by atoms with Crippen LogP contribution in [0.5, 0.6) is 0 Å². The monoisotopic (exact) mass is 485 g/mol. The van der Waals surface area contributed by atoms with Crippen molar-refractivity contribution in [2.24, 2.45) is 7.05 Å². The maximum absolute atomic E-state index is 13.3. The van der Waals surface area contributed by atoms with Crippen LogP contribution in [0.4, 0.5) is 5.69 Å². The molecule has 0 saturated heterocycles. The first-order valence-electron chi connectivity index (χ1n) is 10.3. The number of halogens is 1. The number of nitrogens with zero attached hydrogens (tertiary/aromatic N) is 2. The number of hydrogen-bond acceptors (Lipinski definition) is 5. The molecule has 0 fully saturated rings. The largest absolute Gasteiger partial charge is 0.372 e. The van der Waals surface area contributed by atoms with E-state index in [1.807, 2.05) is 37.3 Å². The van der Waals surface area contributed by atoms with Crippen molar-refractivity contribution in [2.75, 3.05) is 5.32 Å². The molecule has 1 unspecified atom stereocenters. The first kappa shape index (κ1) is 23.2. The molecule has 3 aromatic rings. The number of pyridine rings is 1. The summed E-state index contributed by atoms with van der Waals surface area (Å²) in [6, 6.07) is 12.4. The maximum atomic E-state index is 13.3. The number of rotatable bonds is 6. The number of fused-ring (bicyclic) bond motifs is 1. The van der Waals surface area contributed by atoms with Gasteiger partial charge in [0, 0.05) is 30.7 Å². The third-order valence-electron chi connectivity index (χ3n) is 5.33. The quantitative estimate of drug-likeness (QED) is 0.454. The minimum absolute atomic E-state index is 0.247. The molecule has 172 valence electrons. The van der Waals surface area contributed by atoms with Crippen molar-refractivity contribution in [3.8, 4) is 0 Å². The fraction of sp³-hybridized carbons (Fsp3) is 0.217. The molecule has 0 spiro atoms. The molecule has 10 heteroatoms. The normalized spacial score (nSPS) is 20.6. The van der Waals surface area contributed by atoms with Crippen LogP contribution in [-0.4, -0.2) is 31.8 Å². The fourth-order valence-electron chi connectivity index (χ4n) is 3.61. The summed E-state index contributed by atoms with van der Waals surface area (Å²) < 4.78 is 32.3. The predicted molar refractivity (Wildman–Crippen MR) is 128 cm³/mol. The smallest absolute Gasteiger partial charge is 0.272 e. The standard InChI is InChI=1S/C23H24ClN5O3S/c1-15(32-14-16-6-4-3-5-7-16)19-9-8-18-20(33(25,31)28-19)13-29(2)22(18)23(30)27-17-10-11-26-21(24)12-17/h3-13,15,19H,14H2,1-2H3,(H2,25,28,31)(H,26,27,30)/t15-,19-,33?/m1/s1. The summed E-state index contributed by atoms with van der Waals surface area (Å²) in [5.74, 6) is -0.410. The number of anilines is 1. The summed E-state index contributed by atoms with van der Waals surface area (Å²) in [4.78, 5) is 17.2. The Balaban J connectivity index is 1.58. The van der Waals surface area contributed by atoms with Crippen molar-refractivity contribution < 1.29 is 13.7 Å². The molecule has 33 heavy (non-hydrogen) atoms. The highest BCUT2D eigenvalue weighted by Gasteiger charge is 2.30. The van der Waals surface area contributed by atoms with Gasteiger partial charge in [-0.3, -0.25) is 4.79 Å². The lowest BCUT2D eigenvalue weighted by molar-refractivity contribution is 0.0425. The van der Waals surface area contributed by atoms with Crippen molar-refractivity contribution in [3.05, 3.63) is 82.9 Å². The van der Waals surface area contributed by atoms with Crippen LogP contribution in [0.3, 0.4) is 0 Å². The Morgan fingerprint density at radius 2 is 2.12 bits per heavy atom. The first-order chi connectivity index (χ1) is 15.7. The highest BCUT2D eigenvalue weighted by atomic mass is 35.5. The molecule has 0 aliphatic carbocycles. The molecule has 3 atom stereocenters. The maximum Gasteiger partial charge on any atom is 0.272 e. The second-order valence-electron chi connectivity index (χ2n) is 7.75. The summed E-state index contributed by atoms with van der Waals surface area (Å²) >= 11 is 5.91. The molecule has 1 amide bonds. The van der Waals surface area contributed by atoms with Gasteiger partial charge in [0.25, 0.3) is 5.91 Å². The Bertz CT molecular complexity index is 1300. The van der Waals surface area contributed by atoms with E-state index in [1.54, 1.807) is 36.0 Å². The summed E-state index contributed by atoms with van der Waals surface area (Å²) in [5.41, 5.74) is 2.22. The average Bonchev–Trinajstić information content (AvgIpc) is 3.06. The zero-order valence-corrected chi connectivity index (χ0v) is 19.7. The van der Waals surface area contributed by atoms with Gasteiger partial charge in [0.2, 0.25) is 0 Å². The predicted octanol–water partition coefficient (Wildman–Crippen LogP) is 4.24. The Kier molecular flexibility index (Phi) is 6.66. The van der Waals surface area contributed by atoms with E-state index in [9.17, 15) is 9.00 Å². The van der Waals surface area contributed by atoms with E-state index < -0.39 is 21.9 Å². The summed E-state index contributed by atoms with van der Waals surface area (Å²) in [6.07, 6.45) is 6.20. The number of aromatic nitrogens is 2. The van der Waals surface area contributed by atoms with Crippen LogP contribution < -0.4 is 10.0 Å². The lowest BCUT2D eigenvalue weighted by atomic mass is 10.1. The number of benzene rings is 1. The summed E-state index contributed by atoms with van der Waals surface area (Å²) in [7, 11) is -1.72. The van der Waals surface area contributed by atoms with Crippen molar-refractivity contribution in [2.45, 2.75) is 30.6 Å². The Morgan fingerprint density at radius 3 is 2.85 bits per heavy atom. The van der Waals surface area contributed by atoms with E-state index >= 15 is 0 Å². The van der Waals surface area contributed by atoms with Crippen molar-refractivity contribution in [1.82, 2.24) is 14.3 Å². The number of aryl methyl sites for hydroxylation is 1. The van der Waals surface area contributed by atoms with Crippen LogP contribution in [0.1, 0.15) is 28.5 Å². The zero-order valence-electron chi connectivity index (χ0n) is 18.1. The van der Waals surface area contributed by atoms with Gasteiger partial charge >= 0.3 is 0 Å². The van der Waals surface area contributed by atoms with Crippen LogP contribution in [0.25, 0.3) is 6.08 Å². The number of nitrogens with one attached hydrogen (secondary N) is 3. The highest BCUT2D eigenvalue weighted by molar-refractivity contribution is 7.90. The van der Waals surface area contributed by atoms with Crippen LogP contribution in [0, 0.1) is 4.78 Å².